The van der Waals surface area contributed by atoms with Crippen molar-refractivity contribution in [2.24, 2.45) is 5.92 Å². The van der Waals surface area contributed by atoms with Crippen LogP contribution in [0.25, 0.3) is 0 Å². The molecule has 0 saturated heterocycles. The van der Waals surface area contributed by atoms with Crippen molar-refractivity contribution in [3.63, 3.8) is 0 Å². The molecular formula is C5H11KO. The molecule has 0 aliphatic heterocycles. The van der Waals surface area contributed by atoms with Gasteiger partial charge in [0.05, 0.1) is 0 Å². The molecule has 7 heavy (non-hydrogen) atoms. The summed E-state index contributed by atoms with van der Waals surface area (Å²) in [6.45, 7) is 4.08. The molecule has 0 saturated carbocycles. The van der Waals surface area contributed by atoms with Crippen LogP contribution in [0.3, 0.4) is 0 Å². The maximum atomic E-state index is 9.86. The minimum atomic E-state index is 0. The van der Waals surface area contributed by atoms with Crippen LogP contribution in [0.4, 0.5) is 0 Å². The fraction of sp³-hybridized carbons (Fsp3) is 1.00. The van der Waals surface area contributed by atoms with Gasteiger partial charge in [0.15, 0.2) is 0 Å². The summed E-state index contributed by atoms with van der Waals surface area (Å²) in [5, 5.41) is 9.86. The second-order valence-electron chi connectivity index (χ2n) is 1.68. The van der Waals surface area contributed by atoms with E-state index in [2.05, 4.69) is 0 Å². The molecule has 0 aliphatic carbocycles. The molecule has 0 aromatic carbocycles. The molecule has 0 aliphatic rings. The zero-order valence-corrected chi connectivity index (χ0v) is 8.52. The third-order valence-corrected chi connectivity index (χ3v) is 0.981. The van der Waals surface area contributed by atoms with Gasteiger partial charge in [-0.2, -0.15) is 0 Å². The predicted octanol–water partition coefficient (Wildman–Crippen LogP) is -2.60. The Balaban J connectivity index is 0. The van der Waals surface area contributed by atoms with E-state index in [-0.39, 0.29) is 58.0 Å². The van der Waals surface area contributed by atoms with Crippen LogP contribution in [0.5, 0.6) is 0 Å². The number of hydrogen-bond acceptors (Lipinski definition) is 1. The average Bonchev–Trinajstić information content (AvgIpc) is 1.65. The van der Waals surface area contributed by atoms with Gasteiger partial charge in [-0.15, -0.1) is 6.61 Å². The smallest absolute Gasteiger partial charge is 0.854 e. The molecule has 0 fully saturated rings. The quantitative estimate of drug-likeness (QED) is 0.372. The van der Waals surface area contributed by atoms with Crippen molar-refractivity contribution in [1.29, 1.82) is 0 Å². The van der Waals surface area contributed by atoms with Crippen LogP contribution in [-0.2, 0) is 0 Å². The Morgan fingerprint density at radius 1 is 1.57 bits per heavy atom. The van der Waals surface area contributed by atoms with Crippen molar-refractivity contribution in [3.05, 3.63) is 0 Å². The van der Waals surface area contributed by atoms with E-state index in [0.717, 1.165) is 6.42 Å². The van der Waals surface area contributed by atoms with Crippen molar-refractivity contribution in [2.75, 3.05) is 6.61 Å². The zero-order valence-electron chi connectivity index (χ0n) is 5.40. The molecule has 0 N–H and O–H groups in total. The van der Waals surface area contributed by atoms with Crippen molar-refractivity contribution in [1.82, 2.24) is 0 Å². The molecule has 0 rings (SSSR count). The third-order valence-electron chi connectivity index (χ3n) is 0.981. The number of hydrogen-bond donors (Lipinski definition) is 0. The minimum Gasteiger partial charge on any atom is -0.854 e. The second kappa shape index (κ2) is 7.60. The zero-order chi connectivity index (χ0) is 4.99. The summed E-state index contributed by atoms with van der Waals surface area (Å²) in [5.74, 6) is 0.380. The van der Waals surface area contributed by atoms with Crippen molar-refractivity contribution >= 4 is 0 Å². The van der Waals surface area contributed by atoms with Crippen LogP contribution in [-0.4, -0.2) is 6.61 Å². The van der Waals surface area contributed by atoms with E-state index < -0.39 is 0 Å². The Kier molecular flexibility index (Phi) is 12.4. The first-order chi connectivity index (χ1) is 2.81. The van der Waals surface area contributed by atoms with Gasteiger partial charge in [-0.25, -0.2) is 0 Å². The SMILES string of the molecule is CCC(C)C[O-].[K+]. The Morgan fingerprint density at radius 3 is 2.00 bits per heavy atom. The fourth-order valence-electron chi connectivity index (χ4n) is 0.118. The van der Waals surface area contributed by atoms with Gasteiger partial charge < -0.3 is 5.11 Å². The fourth-order valence-corrected chi connectivity index (χ4v) is 0.118. The van der Waals surface area contributed by atoms with Gasteiger partial charge in [-0.1, -0.05) is 26.2 Å². The maximum absolute atomic E-state index is 9.86. The molecule has 0 radical (unpaired) electrons. The monoisotopic (exact) mass is 126 g/mol. The van der Waals surface area contributed by atoms with Crippen LogP contribution in [0, 0.1) is 5.92 Å². The van der Waals surface area contributed by atoms with E-state index in [1.807, 2.05) is 13.8 Å². The van der Waals surface area contributed by atoms with Gasteiger partial charge in [0.2, 0.25) is 0 Å². The van der Waals surface area contributed by atoms with Crippen LogP contribution in [0.1, 0.15) is 20.3 Å². The van der Waals surface area contributed by atoms with Gasteiger partial charge in [-0.3, -0.25) is 0 Å². The molecule has 0 aromatic rings. The van der Waals surface area contributed by atoms with E-state index in [4.69, 9.17) is 0 Å². The first-order valence-corrected chi connectivity index (χ1v) is 2.39. The maximum Gasteiger partial charge on any atom is 1.00 e. The standard InChI is InChI=1S/C5H11O.K/c1-3-5(2)4-6;/h5H,3-4H2,1-2H3;/q-1;+1. The van der Waals surface area contributed by atoms with Gasteiger partial charge in [0.25, 0.3) is 0 Å². The normalized spacial score (nSPS) is 12.4. The summed E-state index contributed by atoms with van der Waals surface area (Å²) in [4.78, 5) is 0. The van der Waals surface area contributed by atoms with Crippen LogP contribution < -0.4 is 56.5 Å². The second-order valence-corrected chi connectivity index (χ2v) is 1.68. The third kappa shape index (κ3) is 7.60. The van der Waals surface area contributed by atoms with E-state index in [9.17, 15) is 5.11 Å². The summed E-state index contributed by atoms with van der Waals surface area (Å²) in [6, 6.07) is 0. The Bertz CT molecular complexity index is 27.3. The van der Waals surface area contributed by atoms with Crippen molar-refractivity contribution < 1.29 is 56.5 Å². The van der Waals surface area contributed by atoms with Gasteiger partial charge in [0.1, 0.15) is 0 Å². The summed E-state index contributed by atoms with van der Waals surface area (Å²) < 4.78 is 0. The summed E-state index contributed by atoms with van der Waals surface area (Å²) in [5.41, 5.74) is 0. The van der Waals surface area contributed by atoms with Gasteiger partial charge >= 0.3 is 51.4 Å². The molecular weight excluding hydrogens is 115 g/mol. The van der Waals surface area contributed by atoms with Gasteiger partial charge in [-0.05, 0) is 0 Å². The molecule has 1 nitrogen and oxygen atoms in total. The molecule has 0 bridgehead atoms. The topological polar surface area (TPSA) is 23.1 Å². The molecule has 1 atom stereocenters. The van der Waals surface area contributed by atoms with Crippen molar-refractivity contribution in [2.45, 2.75) is 20.3 Å². The van der Waals surface area contributed by atoms with Crippen LogP contribution in [0.2, 0.25) is 0 Å². The number of rotatable bonds is 2. The van der Waals surface area contributed by atoms with Crippen molar-refractivity contribution in [3.8, 4) is 0 Å². The van der Waals surface area contributed by atoms with E-state index >= 15 is 0 Å². The summed E-state index contributed by atoms with van der Waals surface area (Å²) >= 11 is 0. The summed E-state index contributed by atoms with van der Waals surface area (Å²) in [6.07, 6.45) is 1.02. The first kappa shape index (κ1) is 11.4. The molecule has 2 heteroatoms. The predicted molar refractivity (Wildman–Crippen MR) is 24.3 cm³/mol. The largest absolute Gasteiger partial charge is 1.00 e. The molecule has 0 heterocycles. The molecule has 0 spiro atoms. The molecule has 0 amide bonds. The molecule has 0 aromatic heterocycles. The van der Waals surface area contributed by atoms with Crippen LogP contribution in [0.15, 0.2) is 0 Å². The van der Waals surface area contributed by atoms with E-state index in [1.165, 1.54) is 0 Å². The first-order valence-electron chi connectivity index (χ1n) is 2.39. The van der Waals surface area contributed by atoms with E-state index in [0.29, 0.717) is 5.92 Å². The Labute approximate surface area is 87.9 Å². The molecule has 1 unspecified atom stereocenters. The van der Waals surface area contributed by atoms with E-state index in [1.54, 1.807) is 0 Å². The Hall–Kier alpha value is 1.60. The minimum absolute atomic E-state index is 0. The van der Waals surface area contributed by atoms with Crippen LogP contribution >= 0.6 is 0 Å². The molecule has 38 valence electrons. The summed E-state index contributed by atoms with van der Waals surface area (Å²) in [7, 11) is 0. The Morgan fingerprint density at radius 2 is 2.00 bits per heavy atom. The van der Waals surface area contributed by atoms with Gasteiger partial charge in [0, 0.05) is 0 Å². The average molecular weight is 126 g/mol.